The van der Waals surface area contributed by atoms with Gasteiger partial charge < -0.3 is 4.90 Å². The van der Waals surface area contributed by atoms with Crippen LogP contribution in [0.15, 0.2) is 30.3 Å². The molecule has 2 fully saturated rings. The number of anilines is 1. The van der Waals surface area contributed by atoms with E-state index in [-0.39, 0.29) is 0 Å². The summed E-state index contributed by atoms with van der Waals surface area (Å²) in [6, 6.07) is 11.3. The van der Waals surface area contributed by atoms with Crippen LogP contribution in [0.1, 0.15) is 55.7 Å². The molecule has 2 aromatic rings. The largest absolute Gasteiger partial charge is 0.338 e. The van der Waals surface area contributed by atoms with Gasteiger partial charge in [0.25, 0.3) is 0 Å². The quantitative estimate of drug-likeness (QED) is 0.834. The first kappa shape index (κ1) is 12.6. The summed E-state index contributed by atoms with van der Waals surface area (Å²) >= 11 is 0. The molecule has 0 amide bonds. The summed E-state index contributed by atoms with van der Waals surface area (Å²) in [7, 11) is 0. The first-order valence-electron chi connectivity index (χ1n) is 8.55. The molecule has 3 aliphatic rings. The fourth-order valence-electron chi connectivity index (χ4n) is 4.44. The first-order chi connectivity index (χ1) is 10.8. The van der Waals surface area contributed by atoms with Crippen LogP contribution in [0.2, 0.25) is 0 Å². The maximum atomic E-state index is 5.02. The van der Waals surface area contributed by atoms with E-state index in [2.05, 4.69) is 42.2 Å². The molecule has 2 unspecified atom stereocenters. The van der Waals surface area contributed by atoms with Gasteiger partial charge in [-0.25, -0.2) is 9.97 Å². The van der Waals surface area contributed by atoms with E-state index in [4.69, 9.17) is 9.97 Å². The molecule has 1 saturated heterocycles. The summed E-state index contributed by atoms with van der Waals surface area (Å²) in [4.78, 5) is 12.4. The number of rotatable bonds is 2. The minimum absolute atomic E-state index is 0.584. The highest BCUT2D eigenvalue weighted by Gasteiger charge is 2.41. The van der Waals surface area contributed by atoms with Crippen LogP contribution in [0.25, 0.3) is 11.3 Å². The second-order valence-corrected chi connectivity index (χ2v) is 7.08. The molecule has 2 bridgehead atoms. The van der Waals surface area contributed by atoms with Crippen LogP contribution in [-0.4, -0.2) is 22.6 Å². The van der Waals surface area contributed by atoms with E-state index >= 15 is 0 Å². The zero-order valence-corrected chi connectivity index (χ0v) is 13.0. The van der Waals surface area contributed by atoms with Gasteiger partial charge in [-0.05, 0) is 38.5 Å². The molecule has 1 aromatic heterocycles. The number of benzene rings is 1. The Bertz CT molecular complexity index is 725. The van der Waals surface area contributed by atoms with Gasteiger partial charge in [0.2, 0.25) is 5.95 Å². The molecule has 22 heavy (non-hydrogen) atoms. The van der Waals surface area contributed by atoms with Gasteiger partial charge in [0.15, 0.2) is 0 Å². The van der Waals surface area contributed by atoms with Crippen molar-refractivity contribution in [1.29, 1.82) is 0 Å². The molecule has 0 radical (unpaired) electrons. The van der Waals surface area contributed by atoms with Crippen LogP contribution in [0.3, 0.4) is 0 Å². The van der Waals surface area contributed by atoms with Crippen molar-refractivity contribution < 1.29 is 0 Å². The normalized spacial score (nSPS) is 28.6. The predicted octanol–water partition coefficient (Wildman–Crippen LogP) is 4.11. The molecule has 112 valence electrons. The van der Waals surface area contributed by atoms with Crippen molar-refractivity contribution in [3.05, 3.63) is 41.6 Å². The van der Waals surface area contributed by atoms with Crippen molar-refractivity contribution in [3.63, 3.8) is 0 Å². The Morgan fingerprint density at radius 3 is 2.55 bits per heavy atom. The van der Waals surface area contributed by atoms with Gasteiger partial charge in [-0.15, -0.1) is 0 Å². The van der Waals surface area contributed by atoms with E-state index in [1.165, 1.54) is 48.2 Å². The lowest BCUT2D eigenvalue weighted by atomic mass is 9.92. The lowest BCUT2D eigenvalue weighted by molar-refractivity contribution is 0.469. The third-order valence-electron chi connectivity index (χ3n) is 5.81. The van der Waals surface area contributed by atoms with Crippen LogP contribution in [-0.2, 0) is 0 Å². The molecule has 2 aliphatic carbocycles. The van der Waals surface area contributed by atoms with Gasteiger partial charge in [0, 0.05) is 29.6 Å². The van der Waals surface area contributed by atoms with Crippen LogP contribution in [0.4, 0.5) is 5.95 Å². The SMILES string of the molecule is C[C@H]1CCN1c1nc(-c2ccccc2)c2c(n1)C1CCC2C1. The van der Waals surface area contributed by atoms with Crippen molar-refractivity contribution in [2.45, 2.75) is 50.5 Å². The summed E-state index contributed by atoms with van der Waals surface area (Å²) in [5.74, 6) is 2.34. The first-order valence-corrected chi connectivity index (χ1v) is 8.55. The fraction of sp³-hybridized carbons (Fsp3) is 0.474. The monoisotopic (exact) mass is 291 g/mol. The lowest BCUT2D eigenvalue weighted by Crippen LogP contribution is -2.46. The van der Waals surface area contributed by atoms with E-state index < -0.39 is 0 Å². The van der Waals surface area contributed by atoms with E-state index in [0.29, 0.717) is 17.9 Å². The van der Waals surface area contributed by atoms with Gasteiger partial charge in [0.1, 0.15) is 0 Å². The molecule has 0 spiro atoms. The Hall–Kier alpha value is -1.90. The third kappa shape index (κ3) is 1.68. The fourth-order valence-corrected chi connectivity index (χ4v) is 4.44. The maximum absolute atomic E-state index is 5.02. The molecule has 3 heteroatoms. The Labute approximate surface area is 131 Å². The molecule has 1 aliphatic heterocycles. The molecule has 2 heterocycles. The highest BCUT2D eigenvalue weighted by atomic mass is 15.3. The Morgan fingerprint density at radius 1 is 1.00 bits per heavy atom. The Morgan fingerprint density at radius 2 is 1.82 bits per heavy atom. The van der Waals surface area contributed by atoms with Crippen LogP contribution in [0, 0.1) is 0 Å². The summed E-state index contributed by atoms with van der Waals surface area (Å²) in [5, 5.41) is 0. The van der Waals surface area contributed by atoms with E-state index in [9.17, 15) is 0 Å². The highest BCUT2D eigenvalue weighted by Crippen LogP contribution is 2.55. The predicted molar refractivity (Wildman–Crippen MR) is 88.2 cm³/mol. The number of hydrogen-bond acceptors (Lipinski definition) is 3. The summed E-state index contributed by atoms with van der Waals surface area (Å²) < 4.78 is 0. The number of nitrogens with zero attached hydrogens (tertiary/aromatic N) is 3. The van der Waals surface area contributed by atoms with E-state index in [0.717, 1.165) is 12.5 Å². The molecule has 3 atom stereocenters. The molecule has 5 rings (SSSR count). The average Bonchev–Trinajstić information content (AvgIpc) is 3.15. The van der Waals surface area contributed by atoms with Crippen molar-refractivity contribution in [1.82, 2.24) is 9.97 Å². The number of hydrogen-bond donors (Lipinski definition) is 0. The lowest BCUT2D eigenvalue weighted by Gasteiger charge is -2.39. The number of aromatic nitrogens is 2. The average molecular weight is 291 g/mol. The van der Waals surface area contributed by atoms with Gasteiger partial charge in [0.05, 0.1) is 11.4 Å². The van der Waals surface area contributed by atoms with Crippen molar-refractivity contribution in [2.24, 2.45) is 0 Å². The standard InChI is InChI=1S/C19H21N3/c1-12-9-10-22(12)19-20-17(13-5-3-2-4-6-13)16-14-7-8-15(11-14)18(16)21-19/h2-6,12,14-15H,7-11H2,1H3/t12-,14?,15?/m0/s1. The van der Waals surface area contributed by atoms with Crippen molar-refractivity contribution in [2.75, 3.05) is 11.4 Å². The number of fused-ring (bicyclic) bond motifs is 5. The van der Waals surface area contributed by atoms with E-state index in [1.54, 1.807) is 0 Å². The molecule has 0 N–H and O–H groups in total. The summed E-state index contributed by atoms with van der Waals surface area (Å²) in [5.41, 5.74) is 5.27. The maximum Gasteiger partial charge on any atom is 0.226 e. The minimum Gasteiger partial charge on any atom is -0.338 e. The third-order valence-corrected chi connectivity index (χ3v) is 5.81. The minimum atomic E-state index is 0.584. The van der Waals surface area contributed by atoms with Crippen LogP contribution in [0.5, 0.6) is 0 Å². The van der Waals surface area contributed by atoms with Crippen molar-refractivity contribution in [3.8, 4) is 11.3 Å². The van der Waals surface area contributed by atoms with Gasteiger partial charge >= 0.3 is 0 Å². The molecular formula is C19H21N3. The van der Waals surface area contributed by atoms with Crippen LogP contribution >= 0.6 is 0 Å². The molecular weight excluding hydrogens is 270 g/mol. The Kier molecular flexibility index (Phi) is 2.61. The molecule has 1 aromatic carbocycles. The Balaban J connectivity index is 1.70. The van der Waals surface area contributed by atoms with Gasteiger partial charge in [-0.1, -0.05) is 30.3 Å². The molecule has 3 nitrogen and oxygen atoms in total. The zero-order valence-electron chi connectivity index (χ0n) is 13.0. The van der Waals surface area contributed by atoms with Crippen LogP contribution < -0.4 is 4.90 Å². The summed E-state index contributed by atoms with van der Waals surface area (Å²) in [6.07, 6.45) is 5.19. The highest BCUT2D eigenvalue weighted by molar-refractivity contribution is 5.68. The van der Waals surface area contributed by atoms with Gasteiger partial charge in [-0.2, -0.15) is 0 Å². The summed E-state index contributed by atoms with van der Waals surface area (Å²) in [6.45, 7) is 3.37. The molecule has 1 saturated carbocycles. The second kappa shape index (κ2) is 4.55. The van der Waals surface area contributed by atoms with Crippen molar-refractivity contribution >= 4 is 5.95 Å². The van der Waals surface area contributed by atoms with E-state index in [1.807, 2.05) is 0 Å². The zero-order chi connectivity index (χ0) is 14.7. The smallest absolute Gasteiger partial charge is 0.226 e. The van der Waals surface area contributed by atoms with Gasteiger partial charge in [-0.3, -0.25) is 0 Å². The topological polar surface area (TPSA) is 29.0 Å². The second-order valence-electron chi connectivity index (χ2n) is 7.08.